The Labute approximate surface area is 144 Å². The topological polar surface area (TPSA) is 32.9 Å². The van der Waals surface area contributed by atoms with Gasteiger partial charge in [-0.3, -0.25) is 4.79 Å². The number of hydrogen-bond acceptors (Lipinski definition) is 1. The number of rotatable bonds is 3. The number of aromatic nitrogens is 1. The van der Waals surface area contributed by atoms with E-state index in [0.29, 0.717) is 22.2 Å². The van der Waals surface area contributed by atoms with Crippen LogP contribution in [-0.4, -0.2) is 11.3 Å². The van der Waals surface area contributed by atoms with Crippen molar-refractivity contribution in [2.45, 2.75) is 6.92 Å². The smallest absolute Gasteiger partial charge is 0.152 e. The number of aryl methyl sites for hydroxylation is 1. The van der Waals surface area contributed by atoms with Crippen molar-refractivity contribution in [1.29, 1.82) is 0 Å². The third-order valence-electron chi connectivity index (χ3n) is 4.55. The average molecular weight is 329 g/mol. The lowest BCUT2D eigenvalue weighted by Crippen LogP contribution is -1.86. The average Bonchev–Trinajstić information content (AvgIpc) is 3.06. The molecule has 0 saturated carbocycles. The molecule has 0 spiro atoms. The van der Waals surface area contributed by atoms with E-state index in [9.17, 15) is 9.18 Å². The van der Waals surface area contributed by atoms with Crippen LogP contribution in [0, 0.1) is 12.7 Å². The molecule has 25 heavy (non-hydrogen) atoms. The molecule has 1 N–H and O–H groups in total. The van der Waals surface area contributed by atoms with E-state index in [2.05, 4.69) is 4.98 Å². The van der Waals surface area contributed by atoms with E-state index in [-0.39, 0.29) is 5.82 Å². The van der Waals surface area contributed by atoms with E-state index in [0.717, 1.165) is 28.5 Å². The van der Waals surface area contributed by atoms with Gasteiger partial charge in [0.1, 0.15) is 5.82 Å². The summed E-state index contributed by atoms with van der Waals surface area (Å²) in [5.41, 5.74) is 5.67. The van der Waals surface area contributed by atoms with Gasteiger partial charge < -0.3 is 4.98 Å². The molecule has 0 fully saturated rings. The van der Waals surface area contributed by atoms with E-state index in [1.165, 1.54) is 6.07 Å². The van der Waals surface area contributed by atoms with Crippen molar-refractivity contribution < 1.29 is 9.18 Å². The molecule has 2 nitrogen and oxygen atoms in total. The maximum absolute atomic E-state index is 14.2. The van der Waals surface area contributed by atoms with Crippen LogP contribution in [0.15, 0.2) is 66.7 Å². The third kappa shape index (κ3) is 2.54. The lowest BCUT2D eigenvalue weighted by Gasteiger charge is -2.04. The molecule has 0 aliphatic rings. The first-order chi connectivity index (χ1) is 12.2. The standard InChI is InChI=1S/C22H16FNO/c1-14-7-12-19(23)20-18(13-25)22(24-21(14)20)17-10-8-16(9-11-17)15-5-3-2-4-6-15/h2-13,24H,1H3. The van der Waals surface area contributed by atoms with Gasteiger partial charge in [0.05, 0.1) is 16.8 Å². The number of nitrogens with one attached hydrogen (secondary N) is 1. The number of carbonyl (C=O) groups excluding carboxylic acids is 1. The van der Waals surface area contributed by atoms with Crippen LogP contribution in [-0.2, 0) is 0 Å². The molecule has 4 aromatic rings. The van der Waals surface area contributed by atoms with E-state index >= 15 is 0 Å². The van der Waals surface area contributed by atoms with E-state index in [1.807, 2.05) is 61.5 Å². The van der Waals surface area contributed by atoms with Gasteiger partial charge in [-0.05, 0) is 35.2 Å². The molecule has 3 aromatic carbocycles. The van der Waals surface area contributed by atoms with Gasteiger partial charge in [0.15, 0.2) is 6.29 Å². The minimum atomic E-state index is -0.383. The molecule has 0 amide bonds. The van der Waals surface area contributed by atoms with Gasteiger partial charge in [-0.25, -0.2) is 4.39 Å². The van der Waals surface area contributed by atoms with E-state index in [4.69, 9.17) is 0 Å². The van der Waals surface area contributed by atoms with Crippen molar-refractivity contribution in [3.05, 3.63) is 83.7 Å². The van der Waals surface area contributed by atoms with E-state index in [1.54, 1.807) is 6.07 Å². The monoisotopic (exact) mass is 329 g/mol. The molecule has 1 aromatic heterocycles. The molecule has 0 saturated heterocycles. The summed E-state index contributed by atoms with van der Waals surface area (Å²) in [6, 6.07) is 21.1. The van der Waals surface area contributed by atoms with Crippen molar-refractivity contribution in [2.24, 2.45) is 0 Å². The summed E-state index contributed by atoms with van der Waals surface area (Å²) in [5.74, 6) is -0.383. The first-order valence-corrected chi connectivity index (χ1v) is 8.11. The summed E-state index contributed by atoms with van der Waals surface area (Å²) in [5, 5.41) is 0.358. The van der Waals surface area contributed by atoms with Crippen LogP contribution >= 0.6 is 0 Å². The molecule has 0 atom stereocenters. The molecule has 4 rings (SSSR count). The SMILES string of the molecule is Cc1ccc(F)c2c(C=O)c(-c3ccc(-c4ccccc4)cc3)[nH]c12. The van der Waals surface area contributed by atoms with Gasteiger partial charge in [-0.15, -0.1) is 0 Å². The molecule has 0 unspecified atom stereocenters. The zero-order valence-electron chi connectivity index (χ0n) is 13.7. The fourth-order valence-electron chi connectivity index (χ4n) is 3.23. The van der Waals surface area contributed by atoms with Crippen molar-refractivity contribution in [3.63, 3.8) is 0 Å². The normalized spacial score (nSPS) is 11.0. The van der Waals surface area contributed by atoms with Crippen LogP contribution < -0.4 is 0 Å². The Hall–Kier alpha value is -3.20. The second kappa shape index (κ2) is 6.02. The summed E-state index contributed by atoms with van der Waals surface area (Å²) < 4.78 is 14.2. The van der Waals surface area contributed by atoms with Gasteiger partial charge in [0, 0.05) is 5.39 Å². The van der Waals surface area contributed by atoms with Crippen LogP contribution in [0.25, 0.3) is 33.3 Å². The lowest BCUT2D eigenvalue weighted by molar-refractivity contribution is 0.112. The number of H-pyrrole nitrogens is 1. The number of fused-ring (bicyclic) bond motifs is 1. The van der Waals surface area contributed by atoms with Crippen LogP contribution in [0.2, 0.25) is 0 Å². The Morgan fingerprint density at radius 3 is 2.16 bits per heavy atom. The molecule has 0 aliphatic heterocycles. The Morgan fingerprint density at radius 2 is 1.48 bits per heavy atom. The first kappa shape index (κ1) is 15.3. The van der Waals surface area contributed by atoms with Crippen molar-refractivity contribution >= 4 is 17.2 Å². The highest BCUT2D eigenvalue weighted by atomic mass is 19.1. The molecule has 122 valence electrons. The second-order valence-corrected chi connectivity index (χ2v) is 6.09. The fraction of sp³-hybridized carbons (Fsp3) is 0.0455. The molecule has 0 aliphatic carbocycles. The van der Waals surface area contributed by atoms with Crippen LogP contribution in [0.5, 0.6) is 0 Å². The first-order valence-electron chi connectivity index (χ1n) is 8.11. The highest BCUT2D eigenvalue weighted by Crippen LogP contribution is 2.33. The molecule has 0 bridgehead atoms. The summed E-state index contributed by atoms with van der Waals surface area (Å²) in [7, 11) is 0. The minimum Gasteiger partial charge on any atom is -0.354 e. The summed E-state index contributed by atoms with van der Waals surface area (Å²) in [6.45, 7) is 1.90. The quantitative estimate of drug-likeness (QED) is 0.476. The van der Waals surface area contributed by atoms with E-state index < -0.39 is 0 Å². The summed E-state index contributed by atoms with van der Waals surface area (Å²) >= 11 is 0. The van der Waals surface area contributed by atoms with Crippen molar-refractivity contribution in [2.75, 3.05) is 0 Å². The Balaban J connectivity index is 1.86. The number of aldehydes is 1. The second-order valence-electron chi connectivity index (χ2n) is 6.09. The Kier molecular flexibility index (Phi) is 3.69. The highest BCUT2D eigenvalue weighted by Gasteiger charge is 2.17. The molecule has 1 heterocycles. The molecule has 3 heteroatoms. The number of carbonyl (C=O) groups is 1. The van der Waals surface area contributed by atoms with Crippen molar-refractivity contribution in [1.82, 2.24) is 4.98 Å². The van der Waals surface area contributed by atoms with Gasteiger partial charge in [-0.1, -0.05) is 60.7 Å². The Morgan fingerprint density at radius 1 is 0.840 bits per heavy atom. The van der Waals surface area contributed by atoms with Gasteiger partial charge in [0.2, 0.25) is 0 Å². The predicted octanol–water partition coefficient (Wildman–Crippen LogP) is 5.76. The maximum atomic E-state index is 14.2. The molecule has 0 radical (unpaired) electrons. The Bertz CT molecular complexity index is 1060. The van der Waals surface area contributed by atoms with Gasteiger partial charge in [-0.2, -0.15) is 0 Å². The van der Waals surface area contributed by atoms with Crippen LogP contribution in [0.1, 0.15) is 15.9 Å². The maximum Gasteiger partial charge on any atom is 0.152 e. The zero-order chi connectivity index (χ0) is 17.4. The summed E-state index contributed by atoms with van der Waals surface area (Å²) in [6.07, 6.45) is 0.724. The van der Waals surface area contributed by atoms with Crippen LogP contribution in [0.4, 0.5) is 4.39 Å². The highest BCUT2D eigenvalue weighted by molar-refractivity contribution is 6.05. The van der Waals surface area contributed by atoms with Gasteiger partial charge in [0.25, 0.3) is 0 Å². The number of halogens is 1. The van der Waals surface area contributed by atoms with Gasteiger partial charge >= 0.3 is 0 Å². The largest absolute Gasteiger partial charge is 0.354 e. The predicted molar refractivity (Wildman–Crippen MR) is 99.3 cm³/mol. The summed E-state index contributed by atoms with van der Waals surface area (Å²) in [4.78, 5) is 14.9. The fourth-order valence-corrected chi connectivity index (χ4v) is 3.23. The minimum absolute atomic E-state index is 0.358. The third-order valence-corrected chi connectivity index (χ3v) is 4.55. The molecular weight excluding hydrogens is 313 g/mol. The van der Waals surface area contributed by atoms with Crippen LogP contribution in [0.3, 0.4) is 0 Å². The van der Waals surface area contributed by atoms with Crippen molar-refractivity contribution in [3.8, 4) is 22.4 Å². The number of aromatic amines is 1. The number of hydrogen-bond donors (Lipinski definition) is 1. The lowest BCUT2D eigenvalue weighted by atomic mass is 10.0. The number of benzene rings is 3. The zero-order valence-corrected chi connectivity index (χ0v) is 13.7. The molecular formula is C22H16FNO.